The van der Waals surface area contributed by atoms with E-state index in [0.717, 1.165) is 39.4 Å². The van der Waals surface area contributed by atoms with Crippen molar-refractivity contribution in [3.63, 3.8) is 0 Å². The fraction of sp³-hybridized carbons (Fsp3) is 0.833. The molecule has 1 aromatic heterocycles. The Bertz CT molecular complexity index is 447. The van der Waals surface area contributed by atoms with Crippen molar-refractivity contribution in [2.75, 3.05) is 44.4 Å². The molecule has 2 rings (SSSR count). The van der Waals surface area contributed by atoms with Crippen LogP contribution in [-0.4, -0.2) is 49.8 Å². The first-order valence-electron chi connectivity index (χ1n) is 6.65. The Balaban J connectivity index is 0.00000200. The SMILES string of the molecule is CC(C)(C)N(CCN1CCOCC1)[n+]1cc(=N)o[n-]1.Cl. The molecule has 7 nitrogen and oxygen atoms in total. The monoisotopic (exact) mass is 305 g/mol. The Hall–Kier alpha value is -1.05. The van der Waals surface area contributed by atoms with Gasteiger partial charge in [-0.05, 0) is 5.27 Å². The number of hydrogen-bond donors (Lipinski definition) is 1. The summed E-state index contributed by atoms with van der Waals surface area (Å²) in [6.45, 7) is 11.7. The van der Waals surface area contributed by atoms with Gasteiger partial charge in [-0.1, -0.05) is 25.6 Å². The maximum atomic E-state index is 7.44. The van der Waals surface area contributed by atoms with Crippen molar-refractivity contribution >= 4 is 12.4 Å². The largest absolute Gasteiger partial charge is 0.380 e. The first kappa shape index (κ1) is 17.0. The van der Waals surface area contributed by atoms with Gasteiger partial charge in [-0.15, -0.1) is 12.4 Å². The molecule has 0 radical (unpaired) electrons. The summed E-state index contributed by atoms with van der Waals surface area (Å²) in [6, 6.07) is 0. The Morgan fingerprint density at radius 1 is 1.40 bits per heavy atom. The second-order valence-electron chi connectivity index (χ2n) is 5.73. The first-order chi connectivity index (χ1) is 8.97. The Kier molecular flexibility index (Phi) is 6.04. The molecule has 0 bridgehead atoms. The number of nitrogens with zero attached hydrogens (tertiary/aromatic N) is 4. The van der Waals surface area contributed by atoms with Crippen molar-refractivity contribution in [1.82, 2.24) is 10.2 Å². The van der Waals surface area contributed by atoms with Gasteiger partial charge in [0.15, 0.2) is 0 Å². The standard InChI is InChI=1S/C12H23N5O2.ClH/c1-12(2,3)16(17-10-11(13)19-14-17)5-4-15-6-8-18-9-7-15;/h10,13H,4-9H2,1-3H3;1H. The predicted octanol–water partition coefficient (Wildman–Crippen LogP) is -0.506. The Labute approximate surface area is 125 Å². The zero-order chi connectivity index (χ0) is 13.9. The molecule has 1 N–H and O–H groups in total. The molecule has 0 amide bonds. The summed E-state index contributed by atoms with van der Waals surface area (Å²) in [5.41, 5.74) is -0.0130. The van der Waals surface area contributed by atoms with Gasteiger partial charge in [0, 0.05) is 31.7 Å². The molecule has 0 spiro atoms. The summed E-state index contributed by atoms with van der Waals surface area (Å²) in [7, 11) is 0. The van der Waals surface area contributed by atoms with Crippen molar-refractivity contribution in [2.45, 2.75) is 26.3 Å². The summed E-state index contributed by atoms with van der Waals surface area (Å²) in [5, 5.41) is 13.4. The van der Waals surface area contributed by atoms with Crippen LogP contribution in [0.2, 0.25) is 0 Å². The van der Waals surface area contributed by atoms with Crippen molar-refractivity contribution in [1.29, 1.82) is 5.41 Å². The number of hydrogen-bond acceptors (Lipinski definition) is 5. The van der Waals surface area contributed by atoms with E-state index in [2.05, 4.69) is 36.0 Å². The van der Waals surface area contributed by atoms with E-state index in [1.54, 1.807) is 11.0 Å². The molecule has 1 aliphatic rings. The molecule has 0 unspecified atom stereocenters. The molecule has 1 saturated heterocycles. The highest BCUT2D eigenvalue weighted by atomic mass is 35.5. The third kappa shape index (κ3) is 4.50. The zero-order valence-corrected chi connectivity index (χ0v) is 13.2. The second kappa shape index (κ2) is 7.10. The number of halogens is 1. The fourth-order valence-corrected chi connectivity index (χ4v) is 2.16. The van der Waals surface area contributed by atoms with Crippen LogP contribution in [0, 0.1) is 5.41 Å². The molecule has 0 aromatic carbocycles. The van der Waals surface area contributed by atoms with Gasteiger partial charge in [0.25, 0.3) is 11.8 Å². The van der Waals surface area contributed by atoms with E-state index in [9.17, 15) is 0 Å². The highest BCUT2D eigenvalue weighted by Crippen LogP contribution is 2.07. The number of rotatable bonds is 4. The van der Waals surface area contributed by atoms with Crippen molar-refractivity contribution in [3.8, 4) is 0 Å². The van der Waals surface area contributed by atoms with Crippen LogP contribution in [-0.2, 0) is 4.74 Å². The van der Waals surface area contributed by atoms with Gasteiger partial charge in [0.1, 0.15) is 0 Å². The molecule has 116 valence electrons. The minimum absolute atomic E-state index is 0. The zero-order valence-electron chi connectivity index (χ0n) is 12.3. The van der Waals surface area contributed by atoms with Gasteiger partial charge in [-0.25, -0.2) is 0 Å². The van der Waals surface area contributed by atoms with E-state index in [-0.39, 0.29) is 23.5 Å². The van der Waals surface area contributed by atoms with Crippen molar-refractivity contribution < 1.29 is 14.1 Å². The molecular formula is C12H24ClN5O2. The minimum atomic E-state index is -0.0831. The molecule has 8 heteroatoms. The van der Waals surface area contributed by atoms with E-state index in [0.29, 0.717) is 0 Å². The van der Waals surface area contributed by atoms with E-state index < -0.39 is 0 Å². The summed E-state index contributed by atoms with van der Waals surface area (Å²) in [6.07, 6.45) is 1.59. The fourth-order valence-electron chi connectivity index (χ4n) is 2.16. The van der Waals surface area contributed by atoms with E-state index in [1.807, 2.05) is 0 Å². The average Bonchev–Trinajstić information content (AvgIpc) is 2.75. The predicted molar refractivity (Wildman–Crippen MR) is 75.4 cm³/mol. The summed E-state index contributed by atoms with van der Waals surface area (Å²) < 4.78 is 10.2. The molecule has 0 atom stereocenters. The summed E-state index contributed by atoms with van der Waals surface area (Å²) in [5.74, 6) is 0. The normalized spacial score (nSPS) is 16.8. The Morgan fingerprint density at radius 3 is 2.55 bits per heavy atom. The number of aromatic nitrogens is 2. The molecule has 0 aliphatic carbocycles. The highest BCUT2D eigenvalue weighted by molar-refractivity contribution is 5.85. The lowest BCUT2D eigenvalue weighted by Gasteiger charge is -2.38. The molecular weight excluding hydrogens is 282 g/mol. The maximum absolute atomic E-state index is 7.44. The van der Waals surface area contributed by atoms with Gasteiger partial charge in [-0.2, -0.15) is 0 Å². The van der Waals surface area contributed by atoms with Crippen LogP contribution < -0.4 is 20.6 Å². The molecule has 20 heavy (non-hydrogen) atoms. The third-order valence-corrected chi connectivity index (χ3v) is 3.21. The van der Waals surface area contributed by atoms with Crippen LogP contribution >= 0.6 is 12.4 Å². The van der Waals surface area contributed by atoms with Gasteiger partial charge < -0.3 is 9.26 Å². The van der Waals surface area contributed by atoms with Crippen LogP contribution in [0.5, 0.6) is 0 Å². The lowest BCUT2D eigenvalue weighted by Crippen LogP contribution is -2.69. The van der Waals surface area contributed by atoms with Crippen LogP contribution in [0.1, 0.15) is 20.8 Å². The lowest BCUT2D eigenvalue weighted by atomic mass is 10.1. The lowest BCUT2D eigenvalue weighted by molar-refractivity contribution is -0.770. The second-order valence-corrected chi connectivity index (χ2v) is 5.73. The smallest absolute Gasteiger partial charge is 0.286 e. The first-order valence-corrected chi connectivity index (χ1v) is 6.65. The van der Waals surface area contributed by atoms with Gasteiger partial charge in [-0.3, -0.25) is 15.3 Å². The van der Waals surface area contributed by atoms with Crippen molar-refractivity contribution in [3.05, 3.63) is 11.8 Å². The van der Waals surface area contributed by atoms with Gasteiger partial charge >= 0.3 is 0 Å². The topological polar surface area (TPSA) is 70.7 Å². The van der Waals surface area contributed by atoms with Gasteiger partial charge in [0.05, 0.1) is 13.2 Å². The maximum Gasteiger partial charge on any atom is 0.286 e. The average molecular weight is 306 g/mol. The van der Waals surface area contributed by atoms with Crippen LogP contribution in [0.4, 0.5) is 0 Å². The Morgan fingerprint density at radius 2 is 2.05 bits per heavy atom. The molecule has 1 aliphatic heterocycles. The molecule has 2 heterocycles. The van der Waals surface area contributed by atoms with Crippen LogP contribution in [0.25, 0.3) is 0 Å². The highest BCUT2D eigenvalue weighted by Gasteiger charge is 2.23. The minimum Gasteiger partial charge on any atom is -0.380 e. The van der Waals surface area contributed by atoms with E-state index in [4.69, 9.17) is 14.7 Å². The third-order valence-electron chi connectivity index (χ3n) is 3.21. The molecule has 1 aromatic rings. The number of nitrogens with one attached hydrogen (secondary N) is 1. The summed E-state index contributed by atoms with van der Waals surface area (Å²) >= 11 is 0. The quantitative estimate of drug-likeness (QED) is 0.759. The number of morpholine rings is 1. The summed E-state index contributed by atoms with van der Waals surface area (Å²) in [4.78, 5) is 4.01. The molecule has 0 saturated carbocycles. The molecule has 1 fully saturated rings. The number of ether oxygens (including phenoxy) is 1. The van der Waals surface area contributed by atoms with E-state index >= 15 is 0 Å². The van der Waals surface area contributed by atoms with Gasteiger partial charge in [0.2, 0.25) is 0 Å². The van der Waals surface area contributed by atoms with Crippen molar-refractivity contribution in [2.24, 2.45) is 0 Å². The van der Waals surface area contributed by atoms with E-state index in [1.165, 1.54) is 0 Å². The van der Waals surface area contributed by atoms with Crippen LogP contribution in [0.3, 0.4) is 0 Å². The van der Waals surface area contributed by atoms with Crippen LogP contribution in [0.15, 0.2) is 10.7 Å².